The third-order valence-electron chi connectivity index (χ3n) is 4.26. The zero-order valence-corrected chi connectivity index (χ0v) is 18.2. The molecule has 1 amide bonds. The molecule has 0 saturated carbocycles. The number of alkyl carbamates (subject to hydrolysis) is 1. The van der Waals surface area contributed by atoms with Crippen LogP contribution in [0.5, 0.6) is 0 Å². The number of aromatic nitrogens is 4. The first-order valence-corrected chi connectivity index (χ1v) is 10.5. The Bertz CT molecular complexity index is 1250. The maximum atomic E-state index is 11.9. The molecule has 0 aromatic carbocycles. The highest BCUT2D eigenvalue weighted by molar-refractivity contribution is 7.22. The van der Waals surface area contributed by atoms with E-state index in [4.69, 9.17) is 10.5 Å². The van der Waals surface area contributed by atoms with Crippen LogP contribution >= 0.6 is 11.3 Å². The van der Waals surface area contributed by atoms with Crippen LogP contribution in [0.2, 0.25) is 0 Å². The van der Waals surface area contributed by atoms with Gasteiger partial charge in [-0.2, -0.15) is 0 Å². The number of nitrogens with zero attached hydrogens (tertiary/aromatic N) is 4. The van der Waals surface area contributed by atoms with Gasteiger partial charge in [0.2, 0.25) is 0 Å². The van der Waals surface area contributed by atoms with Gasteiger partial charge in [0.1, 0.15) is 11.9 Å². The molecule has 0 aliphatic rings. The van der Waals surface area contributed by atoms with Crippen LogP contribution in [0.3, 0.4) is 0 Å². The number of carbonyl (C=O) groups excluding carboxylic acids is 1. The number of rotatable bonds is 4. The summed E-state index contributed by atoms with van der Waals surface area (Å²) in [7, 11) is 0. The fourth-order valence-electron chi connectivity index (χ4n) is 3.00. The number of anilines is 1. The number of thiophene rings is 1. The lowest BCUT2D eigenvalue weighted by molar-refractivity contribution is 0.0523. The third-order valence-corrected chi connectivity index (χ3v) is 5.44. The van der Waals surface area contributed by atoms with E-state index in [9.17, 15) is 4.79 Å². The van der Waals surface area contributed by atoms with E-state index >= 15 is 0 Å². The standard InChI is InChI=1S/C22H22N6O2S/c1-22(2,3)30-21(29)26-8-13-4-15(10-24-7-13)19-20-17(27-12-28-19)6-18(31-20)14-5-16(23)11-25-9-14/h4-7,9-12H,8,23H2,1-3H3,(H,26,29). The molecule has 0 bridgehead atoms. The molecule has 0 spiro atoms. The molecule has 0 fully saturated rings. The Kier molecular flexibility index (Phi) is 5.51. The van der Waals surface area contributed by atoms with Gasteiger partial charge in [-0.1, -0.05) is 0 Å². The predicted octanol–water partition coefficient (Wildman–Crippen LogP) is 4.42. The van der Waals surface area contributed by atoms with Crippen LogP contribution in [0, 0.1) is 0 Å². The van der Waals surface area contributed by atoms with Crippen molar-refractivity contribution in [3.05, 3.63) is 54.9 Å². The first-order chi connectivity index (χ1) is 14.8. The van der Waals surface area contributed by atoms with Crippen molar-refractivity contribution in [1.82, 2.24) is 25.3 Å². The molecule has 4 aromatic heterocycles. The highest BCUT2D eigenvalue weighted by Crippen LogP contribution is 2.37. The van der Waals surface area contributed by atoms with E-state index in [1.54, 1.807) is 36.1 Å². The Hall–Kier alpha value is -3.59. The quantitative estimate of drug-likeness (QED) is 0.488. The number of carbonyl (C=O) groups is 1. The van der Waals surface area contributed by atoms with E-state index in [-0.39, 0.29) is 0 Å². The van der Waals surface area contributed by atoms with Crippen molar-refractivity contribution in [2.75, 3.05) is 5.73 Å². The number of nitrogens with two attached hydrogens (primary N) is 1. The summed E-state index contributed by atoms with van der Waals surface area (Å²) in [4.78, 5) is 30.3. The number of nitrogens with one attached hydrogen (secondary N) is 1. The molecular formula is C22H22N6O2S. The van der Waals surface area contributed by atoms with Gasteiger partial charge in [0.25, 0.3) is 0 Å². The molecule has 0 unspecified atom stereocenters. The Labute approximate surface area is 183 Å². The summed E-state index contributed by atoms with van der Waals surface area (Å²) in [6.07, 6.45) is 7.92. The molecule has 4 heterocycles. The molecule has 0 aliphatic heterocycles. The molecule has 4 rings (SSSR count). The molecular weight excluding hydrogens is 412 g/mol. The summed E-state index contributed by atoms with van der Waals surface area (Å²) in [5, 5.41) is 2.75. The van der Waals surface area contributed by atoms with E-state index in [2.05, 4.69) is 25.3 Å². The first-order valence-electron chi connectivity index (χ1n) is 9.65. The summed E-state index contributed by atoms with van der Waals surface area (Å²) in [6, 6.07) is 5.84. The molecule has 4 aromatic rings. The van der Waals surface area contributed by atoms with Crippen molar-refractivity contribution in [3.63, 3.8) is 0 Å². The van der Waals surface area contributed by atoms with E-state index in [0.29, 0.717) is 12.2 Å². The van der Waals surface area contributed by atoms with Gasteiger partial charge in [0.15, 0.2) is 0 Å². The lowest BCUT2D eigenvalue weighted by Crippen LogP contribution is -2.32. The molecule has 0 radical (unpaired) electrons. The lowest BCUT2D eigenvalue weighted by Gasteiger charge is -2.19. The summed E-state index contributed by atoms with van der Waals surface area (Å²) >= 11 is 1.57. The third kappa shape index (κ3) is 4.95. The van der Waals surface area contributed by atoms with Gasteiger partial charge in [0, 0.05) is 47.3 Å². The molecule has 8 nitrogen and oxygen atoms in total. The molecule has 31 heavy (non-hydrogen) atoms. The van der Waals surface area contributed by atoms with Gasteiger partial charge in [-0.05, 0) is 44.5 Å². The molecule has 158 valence electrons. The molecule has 0 atom stereocenters. The SMILES string of the molecule is CC(C)(C)OC(=O)NCc1cncc(-c2ncnc3cc(-c4cncc(N)c4)sc23)c1. The van der Waals surface area contributed by atoms with Crippen molar-refractivity contribution in [3.8, 4) is 21.7 Å². The molecule has 0 aliphatic carbocycles. The Morgan fingerprint density at radius 2 is 1.84 bits per heavy atom. The van der Waals surface area contributed by atoms with Crippen molar-refractivity contribution >= 4 is 33.3 Å². The fourth-order valence-corrected chi connectivity index (χ4v) is 4.10. The predicted molar refractivity (Wildman–Crippen MR) is 121 cm³/mol. The van der Waals surface area contributed by atoms with Crippen LogP contribution in [0.15, 0.2) is 49.3 Å². The zero-order valence-electron chi connectivity index (χ0n) is 17.4. The maximum Gasteiger partial charge on any atom is 0.407 e. The van der Waals surface area contributed by atoms with Crippen molar-refractivity contribution in [2.45, 2.75) is 32.9 Å². The van der Waals surface area contributed by atoms with Gasteiger partial charge in [0.05, 0.1) is 21.6 Å². The second kappa shape index (κ2) is 8.27. The second-order valence-corrected chi connectivity index (χ2v) is 9.04. The number of ether oxygens (including phenoxy) is 1. The maximum absolute atomic E-state index is 11.9. The van der Waals surface area contributed by atoms with Gasteiger partial charge in [-0.25, -0.2) is 14.8 Å². The monoisotopic (exact) mass is 434 g/mol. The van der Waals surface area contributed by atoms with E-state index in [1.165, 1.54) is 6.33 Å². The number of hydrogen-bond acceptors (Lipinski definition) is 8. The Morgan fingerprint density at radius 1 is 1.06 bits per heavy atom. The summed E-state index contributed by atoms with van der Waals surface area (Å²) in [6.45, 7) is 5.77. The van der Waals surface area contributed by atoms with E-state index in [1.807, 2.05) is 39.0 Å². The average molecular weight is 435 g/mol. The summed E-state index contributed by atoms with van der Waals surface area (Å²) in [5.74, 6) is 0. The van der Waals surface area contributed by atoms with Crippen molar-refractivity contribution in [1.29, 1.82) is 0 Å². The van der Waals surface area contributed by atoms with Crippen LogP contribution in [0.1, 0.15) is 26.3 Å². The fraction of sp³-hybridized carbons (Fsp3) is 0.227. The number of amides is 1. The zero-order chi connectivity index (χ0) is 22.0. The van der Waals surface area contributed by atoms with E-state index < -0.39 is 11.7 Å². The topological polar surface area (TPSA) is 116 Å². The molecule has 0 saturated heterocycles. The normalized spacial score (nSPS) is 11.5. The number of fused-ring (bicyclic) bond motifs is 1. The highest BCUT2D eigenvalue weighted by Gasteiger charge is 2.16. The summed E-state index contributed by atoms with van der Waals surface area (Å²) < 4.78 is 6.23. The van der Waals surface area contributed by atoms with Crippen LogP contribution in [-0.4, -0.2) is 31.6 Å². The second-order valence-electron chi connectivity index (χ2n) is 7.99. The van der Waals surface area contributed by atoms with Gasteiger partial charge in [-0.3, -0.25) is 9.97 Å². The first kappa shape index (κ1) is 20.7. The number of pyridine rings is 2. The Balaban J connectivity index is 1.62. The van der Waals surface area contributed by atoms with Crippen molar-refractivity contribution < 1.29 is 9.53 Å². The van der Waals surface area contributed by atoms with Crippen LogP contribution < -0.4 is 11.1 Å². The van der Waals surface area contributed by atoms with Gasteiger partial charge >= 0.3 is 6.09 Å². The number of nitrogen functional groups attached to an aromatic ring is 1. The van der Waals surface area contributed by atoms with Crippen LogP contribution in [0.4, 0.5) is 10.5 Å². The number of hydrogen-bond donors (Lipinski definition) is 2. The minimum absolute atomic E-state index is 0.300. The van der Waals surface area contributed by atoms with Crippen LogP contribution in [-0.2, 0) is 11.3 Å². The minimum Gasteiger partial charge on any atom is -0.444 e. The van der Waals surface area contributed by atoms with Gasteiger partial charge < -0.3 is 15.8 Å². The molecule has 9 heteroatoms. The summed E-state index contributed by atoms with van der Waals surface area (Å²) in [5.41, 5.74) is 10.2. The van der Waals surface area contributed by atoms with Gasteiger partial charge in [-0.15, -0.1) is 11.3 Å². The Morgan fingerprint density at radius 3 is 2.61 bits per heavy atom. The smallest absolute Gasteiger partial charge is 0.407 e. The largest absolute Gasteiger partial charge is 0.444 e. The highest BCUT2D eigenvalue weighted by atomic mass is 32.1. The average Bonchev–Trinajstić information content (AvgIpc) is 3.16. The van der Waals surface area contributed by atoms with Crippen LogP contribution in [0.25, 0.3) is 31.9 Å². The van der Waals surface area contributed by atoms with Crippen molar-refractivity contribution in [2.24, 2.45) is 0 Å². The molecule has 3 N–H and O–H groups in total. The van der Waals surface area contributed by atoms with E-state index in [0.717, 1.165) is 37.5 Å². The minimum atomic E-state index is -0.549. The lowest BCUT2D eigenvalue weighted by atomic mass is 10.1.